The van der Waals surface area contributed by atoms with Gasteiger partial charge in [-0.25, -0.2) is 9.97 Å². The zero-order valence-corrected chi connectivity index (χ0v) is 10.6. The average molecular weight is 258 g/mol. The first-order chi connectivity index (χ1) is 9.24. The average Bonchev–Trinajstić information content (AvgIpc) is 3.19. The molecule has 0 radical (unpaired) electrons. The minimum absolute atomic E-state index is 0.203. The van der Waals surface area contributed by atoms with Crippen molar-refractivity contribution < 1.29 is 9.32 Å². The van der Waals surface area contributed by atoms with Gasteiger partial charge in [-0.15, -0.1) is 0 Å². The molecule has 0 bridgehead atoms. The second-order valence-corrected chi connectivity index (χ2v) is 4.69. The molecule has 0 aliphatic heterocycles. The molecule has 1 aliphatic carbocycles. The van der Waals surface area contributed by atoms with Crippen molar-refractivity contribution in [1.29, 1.82) is 0 Å². The van der Waals surface area contributed by atoms with E-state index in [4.69, 9.17) is 4.52 Å². The van der Waals surface area contributed by atoms with Crippen LogP contribution in [0.4, 0.5) is 0 Å². The fourth-order valence-corrected chi connectivity index (χ4v) is 1.90. The predicted octanol–water partition coefficient (Wildman–Crippen LogP) is 1.58. The lowest BCUT2D eigenvalue weighted by atomic mass is 10.2. The summed E-state index contributed by atoms with van der Waals surface area (Å²) < 4.78 is 4.86. The normalized spacial score (nSPS) is 14.4. The number of nitrogens with zero attached hydrogens (tertiary/aromatic N) is 3. The van der Waals surface area contributed by atoms with Gasteiger partial charge in [-0.1, -0.05) is 5.16 Å². The van der Waals surface area contributed by atoms with E-state index in [2.05, 4.69) is 20.4 Å². The lowest BCUT2D eigenvalue weighted by Gasteiger charge is -2.04. The van der Waals surface area contributed by atoms with E-state index < -0.39 is 0 Å². The molecule has 6 heteroatoms. The Labute approximate surface area is 110 Å². The number of carbonyl (C=O) groups excluding carboxylic acids is 1. The molecule has 1 aliphatic rings. The lowest BCUT2D eigenvalue weighted by molar-refractivity contribution is 0.0949. The Balaban J connectivity index is 1.64. The van der Waals surface area contributed by atoms with E-state index in [-0.39, 0.29) is 5.91 Å². The fourth-order valence-electron chi connectivity index (χ4n) is 1.90. The van der Waals surface area contributed by atoms with Crippen LogP contribution in [0.25, 0.3) is 0 Å². The third-order valence-electron chi connectivity index (χ3n) is 3.17. The van der Waals surface area contributed by atoms with Crippen LogP contribution in [-0.4, -0.2) is 21.0 Å². The number of hydrogen-bond donors (Lipinski definition) is 1. The minimum Gasteiger partial charge on any atom is -0.361 e. The van der Waals surface area contributed by atoms with Crippen molar-refractivity contribution in [2.45, 2.75) is 32.2 Å². The van der Waals surface area contributed by atoms with Crippen molar-refractivity contribution in [2.75, 3.05) is 0 Å². The number of aromatic nitrogens is 3. The van der Waals surface area contributed by atoms with E-state index >= 15 is 0 Å². The highest BCUT2D eigenvalue weighted by Crippen LogP contribution is 2.38. The SMILES string of the molecule is Cc1oncc1C(=O)NCc1cc(C2CC2)ncn1. The number of nitrogens with one attached hydrogen (secondary N) is 1. The molecule has 2 heterocycles. The fraction of sp³-hybridized carbons (Fsp3) is 0.385. The number of aryl methyl sites for hydroxylation is 1. The third kappa shape index (κ3) is 2.62. The van der Waals surface area contributed by atoms with Crippen LogP contribution in [0.5, 0.6) is 0 Å². The van der Waals surface area contributed by atoms with Crippen LogP contribution in [0.15, 0.2) is 23.1 Å². The topological polar surface area (TPSA) is 80.9 Å². The van der Waals surface area contributed by atoms with E-state index in [1.165, 1.54) is 19.0 Å². The molecule has 2 aromatic heterocycles. The Hall–Kier alpha value is -2.24. The van der Waals surface area contributed by atoms with E-state index in [1.807, 2.05) is 6.07 Å². The summed E-state index contributed by atoms with van der Waals surface area (Å²) in [7, 11) is 0. The second kappa shape index (κ2) is 4.79. The van der Waals surface area contributed by atoms with E-state index in [9.17, 15) is 4.79 Å². The first-order valence-electron chi connectivity index (χ1n) is 6.24. The number of carbonyl (C=O) groups is 1. The molecule has 98 valence electrons. The summed E-state index contributed by atoms with van der Waals surface area (Å²) in [5.74, 6) is 0.891. The quantitative estimate of drug-likeness (QED) is 0.900. The van der Waals surface area contributed by atoms with Crippen LogP contribution in [0.3, 0.4) is 0 Å². The van der Waals surface area contributed by atoms with Gasteiger partial charge in [-0.3, -0.25) is 4.79 Å². The number of rotatable bonds is 4. The predicted molar refractivity (Wildman–Crippen MR) is 66.4 cm³/mol. The summed E-state index contributed by atoms with van der Waals surface area (Å²) in [5.41, 5.74) is 2.34. The molecular weight excluding hydrogens is 244 g/mol. The Morgan fingerprint density at radius 1 is 1.47 bits per heavy atom. The standard InChI is InChI=1S/C13H14N4O2/c1-8-11(6-17-19-8)13(18)14-5-10-4-12(9-2-3-9)16-7-15-10/h4,6-7,9H,2-3,5H2,1H3,(H,14,18). The molecule has 0 aromatic carbocycles. The molecule has 2 aromatic rings. The van der Waals surface area contributed by atoms with E-state index in [0.717, 1.165) is 11.4 Å². The summed E-state index contributed by atoms with van der Waals surface area (Å²) in [5, 5.41) is 6.38. The van der Waals surface area contributed by atoms with Crippen LogP contribution in [0.2, 0.25) is 0 Å². The maximum Gasteiger partial charge on any atom is 0.256 e. The Morgan fingerprint density at radius 3 is 3.00 bits per heavy atom. The van der Waals surface area contributed by atoms with Gasteiger partial charge in [0.15, 0.2) is 0 Å². The van der Waals surface area contributed by atoms with Crippen molar-refractivity contribution >= 4 is 5.91 Å². The van der Waals surface area contributed by atoms with Crippen molar-refractivity contribution in [3.8, 4) is 0 Å². The molecule has 19 heavy (non-hydrogen) atoms. The first-order valence-corrected chi connectivity index (χ1v) is 6.24. The lowest BCUT2D eigenvalue weighted by Crippen LogP contribution is -2.23. The molecule has 1 fully saturated rings. The monoisotopic (exact) mass is 258 g/mol. The summed E-state index contributed by atoms with van der Waals surface area (Å²) >= 11 is 0. The first kappa shape index (κ1) is 11.8. The van der Waals surface area contributed by atoms with Crippen molar-refractivity contribution in [1.82, 2.24) is 20.4 Å². The molecule has 1 saturated carbocycles. The smallest absolute Gasteiger partial charge is 0.256 e. The minimum atomic E-state index is -0.203. The number of hydrogen-bond acceptors (Lipinski definition) is 5. The molecule has 1 amide bonds. The van der Waals surface area contributed by atoms with E-state index in [0.29, 0.717) is 23.8 Å². The van der Waals surface area contributed by atoms with Crippen molar-refractivity contribution in [3.05, 3.63) is 41.3 Å². The van der Waals surface area contributed by atoms with Gasteiger partial charge in [0, 0.05) is 11.6 Å². The molecule has 0 atom stereocenters. The molecule has 0 unspecified atom stereocenters. The van der Waals surface area contributed by atoms with Gasteiger partial charge >= 0.3 is 0 Å². The highest BCUT2D eigenvalue weighted by molar-refractivity contribution is 5.94. The zero-order valence-electron chi connectivity index (χ0n) is 10.6. The second-order valence-electron chi connectivity index (χ2n) is 4.69. The molecule has 0 spiro atoms. The molecular formula is C13H14N4O2. The third-order valence-corrected chi connectivity index (χ3v) is 3.17. The van der Waals surface area contributed by atoms with Gasteiger partial charge in [0.2, 0.25) is 0 Å². The zero-order chi connectivity index (χ0) is 13.2. The summed E-state index contributed by atoms with van der Waals surface area (Å²) in [6.45, 7) is 2.09. The summed E-state index contributed by atoms with van der Waals surface area (Å²) in [6, 6.07) is 1.96. The molecule has 3 rings (SSSR count). The highest BCUT2D eigenvalue weighted by Gasteiger charge is 2.25. The van der Waals surface area contributed by atoms with Crippen molar-refractivity contribution in [3.63, 3.8) is 0 Å². The van der Waals surface area contributed by atoms with E-state index in [1.54, 1.807) is 13.3 Å². The molecule has 6 nitrogen and oxygen atoms in total. The summed E-state index contributed by atoms with van der Waals surface area (Å²) in [6.07, 6.45) is 5.37. The van der Waals surface area contributed by atoms with Gasteiger partial charge in [0.25, 0.3) is 5.91 Å². The van der Waals surface area contributed by atoms with Gasteiger partial charge in [-0.05, 0) is 25.8 Å². The number of amides is 1. The Bertz CT molecular complexity index is 604. The van der Waals surface area contributed by atoms with Crippen molar-refractivity contribution in [2.24, 2.45) is 0 Å². The van der Waals surface area contributed by atoms with Gasteiger partial charge < -0.3 is 9.84 Å². The van der Waals surface area contributed by atoms with Crippen LogP contribution >= 0.6 is 0 Å². The Morgan fingerprint density at radius 2 is 2.32 bits per heavy atom. The van der Waals surface area contributed by atoms with Crippen LogP contribution in [0.1, 0.15) is 46.3 Å². The summed E-state index contributed by atoms with van der Waals surface area (Å²) in [4.78, 5) is 20.3. The van der Waals surface area contributed by atoms with Crippen LogP contribution in [0, 0.1) is 6.92 Å². The van der Waals surface area contributed by atoms with Crippen LogP contribution < -0.4 is 5.32 Å². The molecule has 1 N–H and O–H groups in total. The molecule has 0 saturated heterocycles. The Kier molecular flexibility index (Phi) is 2.98. The maximum absolute atomic E-state index is 11.9. The maximum atomic E-state index is 11.9. The highest BCUT2D eigenvalue weighted by atomic mass is 16.5. The van der Waals surface area contributed by atoms with Gasteiger partial charge in [-0.2, -0.15) is 0 Å². The van der Waals surface area contributed by atoms with Crippen LogP contribution in [-0.2, 0) is 6.54 Å². The van der Waals surface area contributed by atoms with Gasteiger partial charge in [0.05, 0.1) is 18.4 Å². The van der Waals surface area contributed by atoms with Gasteiger partial charge in [0.1, 0.15) is 17.7 Å². The largest absolute Gasteiger partial charge is 0.361 e.